The molecule has 0 saturated heterocycles. The molecule has 0 aliphatic rings. The largest absolute Gasteiger partial charge is 0.396 e. The van der Waals surface area contributed by atoms with Crippen LogP contribution in [0.5, 0.6) is 0 Å². The summed E-state index contributed by atoms with van der Waals surface area (Å²) in [5, 5.41) is 0. The molecular weight excluding hydrogens is 78.0 g/mol. The molecule has 33 valence electrons. The van der Waals surface area contributed by atoms with Gasteiger partial charge in [-0.05, 0) is 6.92 Å². The van der Waals surface area contributed by atoms with Gasteiger partial charge in [0.15, 0.2) is 0 Å². The number of hydrogen-bond acceptors (Lipinski definition) is 2. The van der Waals surface area contributed by atoms with Crippen molar-refractivity contribution in [2.24, 2.45) is 5.73 Å². The average molecular weight is 84.1 g/mol. The summed E-state index contributed by atoms with van der Waals surface area (Å²) < 4.78 is 0. The van der Waals surface area contributed by atoms with Crippen LogP contribution in [-0.2, 0) is 4.79 Å². The van der Waals surface area contributed by atoms with Crippen LogP contribution in [0.3, 0.4) is 0 Å². The highest BCUT2D eigenvalue weighted by Gasteiger charge is 1.75. The number of hydrogen-bond donors (Lipinski definition) is 1. The first-order chi connectivity index (χ1) is 2.81. The smallest absolute Gasteiger partial charge is 0.250 e. The average Bonchev–Trinajstić information content (AvgIpc) is 1.65. The molecule has 0 fully saturated rings. The molecule has 0 spiro atoms. The molecule has 2 heteroatoms. The zero-order valence-electron chi connectivity index (χ0n) is 3.56. The zero-order chi connectivity index (χ0) is 4.99. The number of nitrogens with two attached hydrogens (primary N) is 1. The van der Waals surface area contributed by atoms with Crippen LogP contribution >= 0.6 is 0 Å². The van der Waals surface area contributed by atoms with Crippen molar-refractivity contribution in [3.8, 4) is 0 Å². The van der Waals surface area contributed by atoms with E-state index in [0.717, 1.165) is 0 Å². The summed E-state index contributed by atoms with van der Waals surface area (Å²) in [5.41, 5.74) is 5.07. The van der Waals surface area contributed by atoms with Crippen LogP contribution < -0.4 is 5.73 Å². The Bertz CT molecular complexity index is 75.6. The molecule has 0 unspecified atom stereocenters. The summed E-state index contributed by atoms with van der Waals surface area (Å²) in [6.07, 6.45) is 3.00. The Balaban J connectivity index is 3.50. The van der Waals surface area contributed by atoms with Gasteiger partial charge in [-0.25, -0.2) is 0 Å². The number of allylic oxidation sites excluding steroid dienone is 2. The van der Waals surface area contributed by atoms with Crippen molar-refractivity contribution in [3.05, 3.63) is 11.8 Å². The first-order valence-electron chi connectivity index (χ1n) is 1.61. The van der Waals surface area contributed by atoms with E-state index in [0.29, 0.717) is 0 Å². The van der Waals surface area contributed by atoms with Gasteiger partial charge in [0.1, 0.15) is 0 Å². The second-order valence-corrected chi connectivity index (χ2v) is 0.846. The van der Waals surface area contributed by atoms with Crippen LogP contribution in [0.1, 0.15) is 6.92 Å². The maximum atomic E-state index is 9.42. The lowest BCUT2D eigenvalue weighted by atomic mass is 10.5. The maximum absolute atomic E-state index is 9.42. The van der Waals surface area contributed by atoms with Gasteiger partial charge in [0.25, 0.3) is 0 Å². The molecule has 0 aliphatic heterocycles. The fraction of sp³-hybridized carbons (Fsp3) is 0.250. The summed E-state index contributed by atoms with van der Waals surface area (Å²) in [6, 6.07) is 0. The van der Waals surface area contributed by atoms with E-state index in [1.54, 1.807) is 6.92 Å². The monoisotopic (exact) mass is 84.0 g/mol. The van der Waals surface area contributed by atoms with E-state index in [4.69, 9.17) is 5.73 Å². The lowest BCUT2D eigenvalue weighted by Crippen LogP contribution is -1.95. The Morgan fingerprint density at radius 1 is 2.00 bits per heavy atom. The minimum Gasteiger partial charge on any atom is -0.396 e. The first-order valence-corrected chi connectivity index (χ1v) is 1.61. The maximum Gasteiger partial charge on any atom is 0.250 e. The van der Waals surface area contributed by atoms with Crippen LogP contribution in [0.15, 0.2) is 11.8 Å². The van der Waals surface area contributed by atoms with E-state index in [9.17, 15) is 4.79 Å². The lowest BCUT2D eigenvalue weighted by molar-refractivity contribution is 0.561. The van der Waals surface area contributed by atoms with Gasteiger partial charge >= 0.3 is 0 Å². The summed E-state index contributed by atoms with van der Waals surface area (Å²) in [7, 11) is 0. The Kier molecular flexibility index (Phi) is 2.13. The van der Waals surface area contributed by atoms with Crippen LogP contribution in [0.4, 0.5) is 0 Å². The van der Waals surface area contributed by atoms with E-state index in [2.05, 4.69) is 0 Å². The van der Waals surface area contributed by atoms with Crippen molar-refractivity contribution in [2.75, 3.05) is 0 Å². The second-order valence-electron chi connectivity index (χ2n) is 0.846. The lowest BCUT2D eigenvalue weighted by Gasteiger charge is -1.74. The first kappa shape index (κ1) is 5.21. The molecule has 0 atom stereocenters. The van der Waals surface area contributed by atoms with E-state index < -0.39 is 0 Å². The van der Waals surface area contributed by atoms with Crippen LogP contribution in [0.2, 0.25) is 0 Å². The highest BCUT2D eigenvalue weighted by molar-refractivity contribution is 5.71. The zero-order valence-corrected chi connectivity index (χ0v) is 3.56. The van der Waals surface area contributed by atoms with E-state index in [-0.39, 0.29) is 5.70 Å². The van der Waals surface area contributed by atoms with Crippen LogP contribution in [-0.4, -0.2) is 6.29 Å². The van der Waals surface area contributed by atoms with Crippen LogP contribution in [0, 0.1) is 0 Å². The number of rotatable bonds is 1. The molecule has 0 saturated carbocycles. The molecule has 0 heterocycles. The fourth-order valence-corrected chi connectivity index (χ4v) is 0.0589. The Morgan fingerprint density at radius 2 is 2.50 bits per heavy atom. The van der Waals surface area contributed by atoms with Crippen LogP contribution in [0.25, 0.3) is 0 Å². The normalized spacial score (nSPS) is 11.2. The standard InChI is InChI=1S/C4H6NO/c1-2-4(5)3-6/h2H,5H2,1H3. The van der Waals surface area contributed by atoms with Gasteiger partial charge in [0.2, 0.25) is 6.29 Å². The van der Waals surface area contributed by atoms with Gasteiger partial charge in [0.05, 0.1) is 5.70 Å². The minimum atomic E-state index is 0.162. The molecule has 6 heavy (non-hydrogen) atoms. The highest BCUT2D eigenvalue weighted by atomic mass is 16.1. The molecule has 0 aromatic rings. The van der Waals surface area contributed by atoms with Crippen molar-refractivity contribution in [1.82, 2.24) is 0 Å². The second kappa shape index (κ2) is 2.45. The van der Waals surface area contributed by atoms with Crippen molar-refractivity contribution < 1.29 is 4.79 Å². The summed E-state index contributed by atoms with van der Waals surface area (Å²) in [5.74, 6) is 0. The molecular formula is C4H6NO. The third-order valence-corrected chi connectivity index (χ3v) is 0.429. The SMILES string of the molecule is CC=C(N)[C]=O. The fourth-order valence-electron chi connectivity index (χ4n) is 0.0589. The van der Waals surface area contributed by atoms with E-state index in [1.807, 2.05) is 0 Å². The van der Waals surface area contributed by atoms with Crippen molar-refractivity contribution in [2.45, 2.75) is 6.92 Å². The summed E-state index contributed by atoms with van der Waals surface area (Å²) in [4.78, 5) is 9.42. The van der Waals surface area contributed by atoms with E-state index >= 15 is 0 Å². The van der Waals surface area contributed by atoms with Crippen molar-refractivity contribution in [3.63, 3.8) is 0 Å². The summed E-state index contributed by atoms with van der Waals surface area (Å²) >= 11 is 0. The predicted molar refractivity (Wildman–Crippen MR) is 23.6 cm³/mol. The number of carbonyl (C=O) groups excluding carboxylic acids is 1. The molecule has 1 radical (unpaired) electrons. The molecule has 0 amide bonds. The van der Waals surface area contributed by atoms with Crippen molar-refractivity contribution >= 4 is 6.29 Å². The molecule has 0 aromatic heterocycles. The third kappa shape index (κ3) is 1.52. The molecule has 2 N–H and O–H groups in total. The molecule has 2 nitrogen and oxygen atoms in total. The summed E-state index contributed by atoms with van der Waals surface area (Å²) in [6.45, 7) is 1.68. The van der Waals surface area contributed by atoms with Gasteiger partial charge in [0, 0.05) is 0 Å². The van der Waals surface area contributed by atoms with Gasteiger partial charge in [-0.2, -0.15) is 0 Å². The Labute approximate surface area is 36.6 Å². The molecule has 0 rings (SSSR count). The third-order valence-electron chi connectivity index (χ3n) is 0.429. The highest BCUT2D eigenvalue weighted by Crippen LogP contribution is 1.69. The van der Waals surface area contributed by atoms with Gasteiger partial charge < -0.3 is 5.73 Å². The van der Waals surface area contributed by atoms with Gasteiger partial charge in [-0.15, -0.1) is 0 Å². The molecule has 0 aromatic carbocycles. The van der Waals surface area contributed by atoms with Gasteiger partial charge in [-0.1, -0.05) is 6.08 Å². The minimum absolute atomic E-state index is 0.162. The quantitative estimate of drug-likeness (QED) is 0.453. The Hall–Kier alpha value is -0.790. The van der Waals surface area contributed by atoms with Crippen molar-refractivity contribution in [1.29, 1.82) is 0 Å². The Morgan fingerprint density at radius 3 is 2.50 bits per heavy atom. The topological polar surface area (TPSA) is 43.1 Å². The van der Waals surface area contributed by atoms with Gasteiger partial charge in [-0.3, -0.25) is 4.79 Å². The van der Waals surface area contributed by atoms with E-state index in [1.165, 1.54) is 12.4 Å². The predicted octanol–water partition coefficient (Wildman–Crippen LogP) is -0.0414. The molecule has 0 aliphatic carbocycles. The molecule has 0 bridgehead atoms.